The second-order valence-corrected chi connectivity index (χ2v) is 5.35. The number of amides is 4. The smallest absolute Gasteiger partial charge is 0.333 e. The quantitative estimate of drug-likeness (QED) is 0.177. The van der Waals surface area contributed by atoms with Crippen molar-refractivity contribution in [3.63, 3.8) is 0 Å². The van der Waals surface area contributed by atoms with E-state index in [1.807, 2.05) is 6.92 Å². The van der Waals surface area contributed by atoms with Crippen LogP contribution in [0.15, 0.2) is 18.2 Å². The second kappa shape index (κ2) is 9.45. The average Bonchev–Trinajstić information content (AvgIpc) is 2.58. The molecular weight excluding hydrogens is 328 g/mol. The van der Waals surface area contributed by atoms with Gasteiger partial charge in [0, 0.05) is 12.0 Å². The second-order valence-electron chi connectivity index (χ2n) is 5.35. The maximum absolute atomic E-state index is 11.7. The van der Waals surface area contributed by atoms with Gasteiger partial charge in [0.15, 0.2) is 0 Å². The van der Waals surface area contributed by atoms with Gasteiger partial charge in [-0.2, -0.15) is 0 Å². The summed E-state index contributed by atoms with van der Waals surface area (Å²) < 4.78 is 5.18. The van der Waals surface area contributed by atoms with E-state index in [2.05, 4.69) is 0 Å². The molecule has 0 unspecified atom stereocenters. The summed E-state index contributed by atoms with van der Waals surface area (Å²) in [5.74, 6) is 10.8. The number of rotatable bonds is 8. The molecule has 0 aromatic heterocycles. The van der Waals surface area contributed by atoms with Crippen LogP contribution in [0.4, 0.5) is 21.0 Å². The molecule has 0 saturated carbocycles. The van der Waals surface area contributed by atoms with Gasteiger partial charge in [-0.15, -0.1) is 0 Å². The van der Waals surface area contributed by atoms with Gasteiger partial charge < -0.3 is 16.2 Å². The molecule has 25 heavy (non-hydrogen) atoms. The van der Waals surface area contributed by atoms with Crippen molar-refractivity contribution in [3.05, 3.63) is 23.8 Å². The van der Waals surface area contributed by atoms with Gasteiger partial charge in [-0.05, 0) is 18.6 Å². The van der Waals surface area contributed by atoms with Crippen LogP contribution < -0.4 is 33.2 Å². The number of nitrogens with zero attached hydrogens (tertiary/aromatic N) is 2. The molecule has 1 aromatic carbocycles. The van der Waals surface area contributed by atoms with Crippen LogP contribution in [0.25, 0.3) is 0 Å². The molecule has 0 atom stereocenters. The van der Waals surface area contributed by atoms with Gasteiger partial charge in [-0.1, -0.05) is 25.8 Å². The fourth-order valence-electron chi connectivity index (χ4n) is 2.04. The third-order valence-electron chi connectivity index (χ3n) is 3.45. The van der Waals surface area contributed by atoms with Crippen LogP contribution in [0.5, 0.6) is 0 Å². The molecule has 0 radical (unpaired) electrons. The molecule has 0 saturated heterocycles. The fraction of sp³-hybridized carbons (Fsp3) is 0.400. The third kappa shape index (κ3) is 5.94. The number of benzene rings is 1. The molecule has 1 aromatic rings. The monoisotopic (exact) mass is 352 g/mol. The number of carbonyl (C=O) groups excluding carboxylic acids is 3. The number of ether oxygens (including phenoxy) is 1. The molecule has 0 bridgehead atoms. The molecule has 0 spiro atoms. The molecule has 0 aliphatic heterocycles. The summed E-state index contributed by atoms with van der Waals surface area (Å²) >= 11 is 0. The zero-order chi connectivity index (χ0) is 19.0. The van der Waals surface area contributed by atoms with E-state index in [0.717, 1.165) is 19.3 Å². The summed E-state index contributed by atoms with van der Waals surface area (Å²) in [7, 11) is 0. The van der Waals surface area contributed by atoms with Crippen molar-refractivity contribution < 1.29 is 19.1 Å². The highest BCUT2D eigenvalue weighted by atomic mass is 16.5. The van der Waals surface area contributed by atoms with Gasteiger partial charge in [0.2, 0.25) is 0 Å². The van der Waals surface area contributed by atoms with Gasteiger partial charge in [0.1, 0.15) is 6.61 Å². The molecule has 10 nitrogen and oxygen atoms in total. The summed E-state index contributed by atoms with van der Waals surface area (Å²) in [6.45, 7) is 1.92. The predicted octanol–water partition coefficient (Wildman–Crippen LogP) is 0.828. The van der Waals surface area contributed by atoms with Crippen LogP contribution in [0.1, 0.15) is 38.2 Å². The van der Waals surface area contributed by atoms with E-state index in [9.17, 15) is 14.4 Å². The maximum Gasteiger partial charge on any atom is 0.333 e. The molecule has 138 valence electrons. The molecule has 4 amide bonds. The minimum atomic E-state index is -0.935. The lowest BCUT2D eigenvalue weighted by Gasteiger charge is -2.21. The Morgan fingerprint density at radius 1 is 1.04 bits per heavy atom. The van der Waals surface area contributed by atoms with Crippen molar-refractivity contribution in [2.45, 2.75) is 39.2 Å². The van der Waals surface area contributed by atoms with E-state index in [4.69, 9.17) is 27.9 Å². The first-order chi connectivity index (χ1) is 11.8. The van der Waals surface area contributed by atoms with Crippen LogP contribution in [0, 0.1) is 0 Å². The van der Waals surface area contributed by atoms with Crippen molar-refractivity contribution in [2.24, 2.45) is 23.2 Å². The van der Waals surface area contributed by atoms with Crippen LogP contribution in [0.3, 0.4) is 0 Å². The SMILES string of the molecule is CCCCCC(=O)OCc1ccc(N(N)C(N)=O)cc1N(N)C(N)=O. The molecule has 0 fully saturated rings. The number of primary amides is 2. The Labute approximate surface area is 145 Å². The van der Waals surface area contributed by atoms with E-state index >= 15 is 0 Å². The van der Waals surface area contributed by atoms with Gasteiger partial charge in [0.25, 0.3) is 0 Å². The van der Waals surface area contributed by atoms with Crippen molar-refractivity contribution in [1.29, 1.82) is 0 Å². The summed E-state index contributed by atoms with van der Waals surface area (Å²) in [4.78, 5) is 34.2. The predicted molar refractivity (Wildman–Crippen MR) is 92.9 cm³/mol. The van der Waals surface area contributed by atoms with Gasteiger partial charge >= 0.3 is 18.0 Å². The summed E-state index contributed by atoms with van der Waals surface area (Å²) in [5.41, 5.74) is 11.0. The molecule has 0 heterocycles. The zero-order valence-electron chi connectivity index (χ0n) is 14.1. The highest BCUT2D eigenvalue weighted by Gasteiger charge is 2.17. The van der Waals surface area contributed by atoms with Crippen molar-refractivity contribution >= 4 is 29.4 Å². The Balaban J connectivity index is 2.95. The first kappa shape index (κ1) is 20.2. The Hall–Kier alpha value is -2.85. The van der Waals surface area contributed by atoms with Crippen molar-refractivity contribution in [2.75, 3.05) is 10.0 Å². The Bertz CT molecular complexity index is 636. The lowest BCUT2D eigenvalue weighted by Crippen LogP contribution is -2.43. The van der Waals surface area contributed by atoms with Crippen LogP contribution in [0.2, 0.25) is 0 Å². The molecular formula is C15H24N6O4. The Morgan fingerprint density at radius 3 is 2.24 bits per heavy atom. The van der Waals surface area contributed by atoms with Gasteiger partial charge in [-0.25, -0.2) is 31.3 Å². The van der Waals surface area contributed by atoms with E-state index in [0.29, 0.717) is 22.0 Å². The van der Waals surface area contributed by atoms with Crippen molar-refractivity contribution in [1.82, 2.24) is 0 Å². The van der Waals surface area contributed by atoms with Crippen LogP contribution in [-0.2, 0) is 16.1 Å². The van der Waals surface area contributed by atoms with E-state index < -0.39 is 12.1 Å². The highest BCUT2D eigenvalue weighted by Crippen LogP contribution is 2.25. The first-order valence-electron chi connectivity index (χ1n) is 7.75. The lowest BCUT2D eigenvalue weighted by atomic mass is 10.1. The largest absolute Gasteiger partial charge is 0.461 e. The molecule has 10 heteroatoms. The van der Waals surface area contributed by atoms with E-state index in [1.54, 1.807) is 0 Å². The number of esters is 1. The minimum absolute atomic E-state index is 0.108. The number of hydrogen-bond donors (Lipinski definition) is 4. The zero-order valence-corrected chi connectivity index (χ0v) is 14.1. The molecule has 0 aliphatic carbocycles. The Morgan fingerprint density at radius 2 is 1.68 bits per heavy atom. The highest BCUT2D eigenvalue weighted by molar-refractivity contribution is 5.93. The van der Waals surface area contributed by atoms with Gasteiger partial charge in [-0.3, -0.25) is 4.79 Å². The number of hydrazine groups is 2. The van der Waals surface area contributed by atoms with Crippen LogP contribution >= 0.6 is 0 Å². The van der Waals surface area contributed by atoms with Crippen molar-refractivity contribution in [3.8, 4) is 0 Å². The molecule has 1 rings (SSSR count). The third-order valence-corrected chi connectivity index (χ3v) is 3.45. The molecule has 8 N–H and O–H groups in total. The molecule has 0 aliphatic rings. The topological polar surface area (TPSA) is 171 Å². The summed E-state index contributed by atoms with van der Waals surface area (Å²) in [6.07, 6.45) is 2.98. The number of carbonyl (C=O) groups is 3. The normalized spacial score (nSPS) is 10.2. The lowest BCUT2D eigenvalue weighted by molar-refractivity contribution is -0.145. The Kier molecular flexibility index (Phi) is 7.63. The van der Waals surface area contributed by atoms with Crippen LogP contribution in [-0.4, -0.2) is 18.0 Å². The summed E-state index contributed by atoms with van der Waals surface area (Å²) in [5, 5.41) is 1.34. The summed E-state index contributed by atoms with van der Waals surface area (Å²) in [6, 6.07) is 2.49. The van der Waals surface area contributed by atoms with E-state index in [1.165, 1.54) is 18.2 Å². The van der Waals surface area contributed by atoms with Gasteiger partial charge in [0.05, 0.1) is 11.4 Å². The van der Waals surface area contributed by atoms with E-state index in [-0.39, 0.29) is 24.0 Å². The number of nitrogens with two attached hydrogens (primary N) is 4. The fourth-order valence-corrected chi connectivity index (χ4v) is 2.04. The average molecular weight is 352 g/mol. The minimum Gasteiger partial charge on any atom is -0.461 e. The maximum atomic E-state index is 11.7. The number of anilines is 2. The number of urea groups is 2. The standard InChI is InChI=1S/C15H24N6O4/c1-2-3-4-5-13(22)25-9-10-6-7-11(20(18)14(16)23)8-12(10)21(19)15(17)24/h6-8H,2-5,9,18-19H2,1H3,(H2,16,23)(H2,17,24). The number of hydrogen-bond acceptors (Lipinski definition) is 6. The first-order valence-corrected chi connectivity index (χ1v) is 7.75. The number of unbranched alkanes of at least 4 members (excludes halogenated alkanes) is 2.